The molecule has 1 fully saturated rings. The third-order valence-corrected chi connectivity index (χ3v) is 6.79. The molecule has 0 bridgehead atoms. The molecule has 4 rings (SSSR count). The molecule has 1 aromatic carbocycles. The number of unbranched alkanes of at least 4 members (excludes halogenated alkanes) is 1. The first-order chi connectivity index (χ1) is 18.4. The van der Waals surface area contributed by atoms with Crippen LogP contribution in [0.5, 0.6) is 17.4 Å². The van der Waals surface area contributed by atoms with E-state index in [1.54, 1.807) is 50.7 Å². The van der Waals surface area contributed by atoms with E-state index >= 15 is 0 Å². The number of anilines is 1. The van der Waals surface area contributed by atoms with Gasteiger partial charge in [0.25, 0.3) is 5.91 Å². The summed E-state index contributed by atoms with van der Waals surface area (Å²) in [5.74, 6) is 1.01. The van der Waals surface area contributed by atoms with E-state index in [-0.39, 0.29) is 17.9 Å². The first kappa shape index (κ1) is 27.3. The van der Waals surface area contributed by atoms with E-state index in [1.165, 1.54) is 0 Å². The van der Waals surface area contributed by atoms with Gasteiger partial charge in [-0.2, -0.15) is 0 Å². The summed E-state index contributed by atoms with van der Waals surface area (Å²) in [6.45, 7) is 4.05. The number of fused-ring (bicyclic) bond motifs is 1. The Morgan fingerprint density at radius 1 is 1.13 bits per heavy atom. The van der Waals surface area contributed by atoms with Crippen LogP contribution in [0.3, 0.4) is 0 Å². The number of hydrogen-bond donors (Lipinski definition) is 3. The third-order valence-electron chi connectivity index (χ3n) is 6.79. The summed E-state index contributed by atoms with van der Waals surface area (Å²) >= 11 is 0. The highest BCUT2D eigenvalue weighted by Crippen LogP contribution is 2.32. The Labute approximate surface area is 223 Å². The fraction of sp³-hybridized carbons (Fsp3) is 0.464. The van der Waals surface area contributed by atoms with Crippen molar-refractivity contribution in [3.05, 3.63) is 42.2 Å². The lowest BCUT2D eigenvalue weighted by molar-refractivity contribution is -0.118. The van der Waals surface area contributed by atoms with Crippen molar-refractivity contribution >= 4 is 28.4 Å². The van der Waals surface area contributed by atoms with Crippen LogP contribution in [0.4, 0.5) is 5.69 Å². The molecule has 10 nitrogen and oxygen atoms in total. The highest BCUT2D eigenvalue weighted by atomic mass is 16.5. The number of ether oxygens (including phenoxy) is 3. The maximum Gasteiger partial charge on any atom is 0.268 e. The smallest absolute Gasteiger partial charge is 0.268 e. The van der Waals surface area contributed by atoms with Gasteiger partial charge in [-0.3, -0.25) is 9.59 Å². The molecule has 1 aliphatic heterocycles. The number of carbonyl (C=O) groups is 2. The summed E-state index contributed by atoms with van der Waals surface area (Å²) in [5, 5.41) is 6.56. The molecule has 3 N–H and O–H groups in total. The second-order valence-corrected chi connectivity index (χ2v) is 9.64. The molecular weight excluding hydrogens is 486 g/mol. The number of benzene rings is 1. The molecule has 1 atom stereocenters. The summed E-state index contributed by atoms with van der Waals surface area (Å²) < 4.78 is 16.7. The summed E-state index contributed by atoms with van der Waals surface area (Å²) in [4.78, 5) is 36.0. The maximum absolute atomic E-state index is 13.1. The molecule has 0 spiro atoms. The fourth-order valence-corrected chi connectivity index (χ4v) is 4.52. The van der Waals surface area contributed by atoms with Crippen LogP contribution in [0.2, 0.25) is 0 Å². The Bertz CT molecular complexity index is 1190. The molecule has 38 heavy (non-hydrogen) atoms. The van der Waals surface area contributed by atoms with Crippen LogP contribution in [0.15, 0.2) is 36.5 Å². The predicted molar refractivity (Wildman–Crippen MR) is 146 cm³/mol. The number of methoxy groups -OCH3 is 2. The van der Waals surface area contributed by atoms with Crippen molar-refractivity contribution in [2.45, 2.75) is 51.2 Å². The summed E-state index contributed by atoms with van der Waals surface area (Å²) in [6, 6.07) is 8.14. The van der Waals surface area contributed by atoms with Gasteiger partial charge in [0.15, 0.2) is 11.5 Å². The number of rotatable bonds is 11. The molecule has 1 unspecified atom stereocenters. The summed E-state index contributed by atoms with van der Waals surface area (Å²) in [7, 11) is 5.23. The maximum atomic E-state index is 13.1. The van der Waals surface area contributed by atoms with Crippen molar-refractivity contribution in [3.63, 3.8) is 0 Å². The van der Waals surface area contributed by atoms with Gasteiger partial charge >= 0.3 is 0 Å². The van der Waals surface area contributed by atoms with Crippen molar-refractivity contribution in [2.75, 3.05) is 39.7 Å². The zero-order chi connectivity index (χ0) is 27.1. The fourth-order valence-electron chi connectivity index (χ4n) is 4.52. The van der Waals surface area contributed by atoms with Crippen molar-refractivity contribution in [3.8, 4) is 17.4 Å². The van der Waals surface area contributed by atoms with E-state index in [0.717, 1.165) is 49.7 Å². The van der Waals surface area contributed by atoms with Gasteiger partial charge in [-0.1, -0.05) is 19.8 Å². The predicted octanol–water partition coefficient (Wildman–Crippen LogP) is 3.98. The van der Waals surface area contributed by atoms with Crippen LogP contribution < -0.4 is 24.8 Å². The second kappa shape index (κ2) is 12.6. The minimum atomic E-state index is -0.701. The van der Waals surface area contributed by atoms with E-state index in [0.29, 0.717) is 35.2 Å². The standard InChI is InChI=1S/C28H37N5O5/c1-5-6-7-21(32-28(35)23-14-18-15-24(36-3)25(37-4)16-22(18)31-23)27(34)30-19-8-9-26(29-17-19)38-20-10-12-33(2)13-11-20/h8-9,14-17,20-21,31H,5-7,10-13H2,1-4H3,(H,30,34)(H,32,35). The molecule has 0 aliphatic carbocycles. The van der Waals surface area contributed by atoms with Gasteiger partial charge in [-0.05, 0) is 44.5 Å². The van der Waals surface area contributed by atoms with Crippen LogP contribution in [-0.2, 0) is 4.79 Å². The topological polar surface area (TPSA) is 118 Å². The quantitative estimate of drug-likeness (QED) is 0.348. The molecular formula is C28H37N5O5. The monoisotopic (exact) mass is 523 g/mol. The number of pyridine rings is 1. The zero-order valence-corrected chi connectivity index (χ0v) is 22.5. The van der Waals surface area contributed by atoms with Gasteiger partial charge in [-0.25, -0.2) is 4.98 Å². The van der Waals surface area contributed by atoms with Crippen LogP contribution in [0.1, 0.15) is 49.5 Å². The van der Waals surface area contributed by atoms with E-state index in [4.69, 9.17) is 14.2 Å². The van der Waals surface area contributed by atoms with Gasteiger partial charge in [0.05, 0.1) is 26.1 Å². The number of likely N-dealkylation sites (tertiary alicyclic amines) is 1. The van der Waals surface area contributed by atoms with E-state index in [9.17, 15) is 9.59 Å². The number of H-pyrrole nitrogens is 1. The van der Waals surface area contributed by atoms with Gasteiger partial charge in [0, 0.05) is 36.1 Å². The first-order valence-electron chi connectivity index (χ1n) is 13.1. The van der Waals surface area contributed by atoms with E-state index in [1.807, 2.05) is 6.92 Å². The van der Waals surface area contributed by atoms with Crippen LogP contribution in [0, 0.1) is 0 Å². The highest BCUT2D eigenvalue weighted by Gasteiger charge is 2.23. The number of piperidine rings is 1. The van der Waals surface area contributed by atoms with Gasteiger partial charge in [0.2, 0.25) is 11.8 Å². The number of hydrogen-bond acceptors (Lipinski definition) is 7. The Hall–Kier alpha value is -3.79. The van der Waals surface area contributed by atoms with Crippen LogP contribution in [-0.4, -0.2) is 73.2 Å². The molecule has 2 amide bonds. The third kappa shape index (κ3) is 6.74. The summed E-state index contributed by atoms with van der Waals surface area (Å²) in [5.41, 5.74) is 1.63. The van der Waals surface area contributed by atoms with Gasteiger partial charge < -0.3 is 34.7 Å². The van der Waals surface area contributed by atoms with Gasteiger partial charge in [0.1, 0.15) is 17.8 Å². The van der Waals surface area contributed by atoms with Crippen LogP contribution in [0.25, 0.3) is 10.9 Å². The van der Waals surface area contributed by atoms with Crippen molar-refractivity contribution in [2.24, 2.45) is 0 Å². The molecule has 1 saturated heterocycles. The average Bonchev–Trinajstić information content (AvgIpc) is 3.35. The van der Waals surface area contributed by atoms with Gasteiger partial charge in [-0.15, -0.1) is 0 Å². The van der Waals surface area contributed by atoms with E-state index in [2.05, 4.69) is 32.5 Å². The summed E-state index contributed by atoms with van der Waals surface area (Å²) in [6.07, 6.45) is 5.87. The Morgan fingerprint density at radius 2 is 1.87 bits per heavy atom. The molecule has 3 aromatic rings. The van der Waals surface area contributed by atoms with Crippen molar-refractivity contribution in [1.29, 1.82) is 0 Å². The Morgan fingerprint density at radius 3 is 2.53 bits per heavy atom. The Balaban J connectivity index is 1.40. The number of nitrogens with one attached hydrogen (secondary N) is 3. The second-order valence-electron chi connectivity index (χ2n) is 9.64. The first-order valence-corrected chi connectivity index (χ1v) is 13.1. The average molecular weight is 524 g/mol. The minimum Gasteiger partial charge on any atom is -0.493 e. The SMILES string of the molecule is CCCCC(NC(=O)c1cc2cc(OC)c(OC)cc2[nH]1)C(=O)Nc1ccc(OC2CCN(C)CC2)nc1. The largest absolute Gasteiger partial charge is 0.493 e. The number of amides is 2. The lowest BCUT2D eigenvalue weighted by Gasteiger charge is -2.28. The van der Waals surface area contributed by atoms with Crippen molar-refractivity contribution < 1.29 is 23.8 Å². The number of aromatic nitrogens is 2. The lowest BCUT2D eigenvalue weighted by Crippen LogP contribution is -2.44. The molecule has 0 saturated carbocycles. The molecule has 2 aromatic heterocycles. The molecule has 0 radical (unpaired) electrons. The number of carbonyl (C=O) groups excluding carboxylic acids is 2. The lowest BCUT2D eigenvalue weighted by atomic mass is 10.1. The van der Waals surface area contributed by atoms with Crippen molar-refractivity contribution in [1.82, 2.24) is 20.2 Å². The molecule has 10 heteroatoms. The Kier molecular flexibility index (Phi) is 9.06. The number of nitrogens with zero attached hydrogens (tertiary/aromatic N) is 2. The molecule has 204 valence electrons. The molecule has 1 aliphatic rings. The highest BCUT2D eigenvalue weighted by molar-refractivity contribution is 6.02. The zero-order valence-electron chi connectivity index (χ0n) is 22.5. The van der Waals surface area contributed by atoms with Crippen LogP contribution >= 0.6 is 0 Å². The van der Waals surface area contributed by atoms with E-state index < -0.39 is 6.04 Å². The normalized spacial score (nSPS) is 15.2. The number of aromatic amines is 1. The molecule has 3 heterocycles. The minimum absolute atomic E-state index is 0.152.